The van der Waals surface area contributed by atoms with Crippen molar-refractivity contribution in [2.75, 3.05) is 25.4 Å². The van der Waals surface area contributed by atoms with Gasteiger partial charge in [-0.1, -0.05) is 19.9 Å². The summed E-state index contributed by atoms with van der Waals surface area (Å²) in [7, 11) is 0. The standard InChI is InChI=1S/C15H23N3O3/c1-11(2)9-18(10-14(17)19)15(20)6-7-21-13-5-3-4-12(16)8-13/h3-5,8,11H,6-7,9-10,16H2,1-2H3,(H2,17,19). The van der Waals surface area contributed by atoms with Crippen LogP contribution in [0.25, 0.3) is 0 Å². The van der Waals surface area contributed by atoms with Crippen LogP contribution in [-0.4, -0.2) is 36.4 Å². The molecule has 1 aromatic rings. The predicted octanol–water partition coefficient (Wildman–Crippen LogP) is 1.01. The molecule has 6 heteroatoms. The Morgan fingerprint density at radius 1 is 1.33 bits per heavy atom. The molecular formula is C15H23N3O3. The molecular weight excluding hydrogens is 270 g/mol. The van der Waals surface area contributed by atoms with E-state index >= 15 is 0 Å². The third-order valence-electron chi connectivity index (χ3n) is 2.73. The van der Waals surface area contributed by atoms with Gasteiger partial charge in [0.1, 0.15) is 5.75 Å². The molecule has 0 aliphatic carbocycles. The highest BCUT2D eigenvalue weighted by atomic mass is 16.5. The van der Waals surface area contributed by atoms with Crippen LogP contribution in [0, 0.1) is 5.92 Å². The second-order valence-electron chi connectivity index (χ2n) is 5.31. The molecule has 0 unspecified atom stereocenters. The molecule has 2 amide bonds. The molecule has 0 aliphatic rings. The number of anilines is 1. The van der Waals surface area contributed by atoms with Crippen LogP contribution in [0.1, 0.15) is 20.3 Å². The van der Waals surface area contributed by atoms with Crippen molar-refractivity contribution >= 4 is 17.5 Å². The summed E-state index contributed by atoms with van der Waals surface area (Å²) < 4.78 is 5.47. The number of nitrogen functional groups attached to an aromatic ring is 1. The van der Waals surface area contributed by atoms with Crippen LogP contribution in [0.3, 0.4) is 0 Å². The Bertz CT molecular complexity index is 489. The zero-order chi connectivity index (χ0) is 15.8. The fraction of sp³-hybridized carbons (Fsp3) is 0.467. The lowest BCUT2D eigenvalue weighted by atomic mass is 10.2. The summed E-state index contributed by atoms with van der Waals surface area (Å²) in [5.74, 6) is 0.225. The van der Waals surface area contributed by atoms with E-state index in [2.05, 4.69) is 0 Å². The predicted molar refractivity (Wildman–Crippen MR) is 81.6 cm³/mol. The first-order valence-corrected chi connectivity index (χ1v) is 6.93. The van der Waals surface area contributed by atoms with E-state index in [4.69, 9.17) is 16.2 Å². The van der Waals surface area contributed by atoms with E-state index in [1.807, 2.05) is 13.8 Å². The van der Waals surface area contributed by atoms with Gasteiger partial charge in [0.05, 0.1) is 19.6 Å². The van der Waals surface area contributed by atoms with Crippen molar-refractivity contribution < 1.29 is 14.3 Å². The Kier molecular flexibility index (Phi) is 6.52. The molecule has 21 heavy (non-hydrogen) atoms. The van der Waals surface area contributed by atoms with Gasteiger partial charge in [-0.3, -0.25) is 9.59 Å². The molecule has 1 rings (SSSR count). The molecule has 0 saturated heterocycles. The smallest absolute Gasteiger partial charge is 0.237 e. The Balaban J connectivity index is 2.47. The number of hydrogen-bond acceptors (Lipinski definition) is 4. The molecule has 0 heterocycles. The van der Waals surface area contributed by atoms with E-state index in [1.54, 1.807) is 24.3 Å². The Morgan fingerprint density at radius 2 is 2.05 bits per heavy atom. The maximum absolute atomic E-state index is 12.1. The maximum atomic E-state index is 12.1. The van der Waals surface area contributed by atoms with Gasteiger partial charge in [0, 0.05) is 18.3 Å². The topological polar surface area (TPSA) is 98.6 Å². The van der Waals surface area contributed by atoms with Gasteiger partial charge in [0.2, 0.25) is 11.8 Å². The minimum Gasteiger partial charge on any atom is -0.493 e. The molecule has 116 valence electrons. The Morgan fingerprint density at radius 3 is 2.62 bits per heavy atom. The molecule has 0 spiro atoms. The summed E-state index contributed by atoms with van der Waals surface area (Å²) in [5.41, 5.74) is 11.4. The van der Waals surface area contributed by atoms with E-state index in [1.165, 1.54) is 4.90 Å². The Labute approximate surface area is 125 Å². The highest BCUT2D eigenvalue weighted by Crippen LogP contribution is 2.14. The van der Waals surface area contributed by atoms with Gasteiger partial charge in [0.25, 0.3) is 0 Å². The maximum Gasteiger partial charge on any atom is 0.237 e. The normalized spacial score (nSPS) is 10.4. The number of ether oxygens (including phenoxy) is 1. The fourth-order valence-electron chi connectivity index (χ4n) is 1.90. The highest BCUT2D eigenvalue weighted by Gasteiger charge is 2.16. The average molecular weight is 293 g/mol. The minimum absolute atomic E-state index is 0.0602. The Hall–Kier alpha value is -2.24. The van der Waals surface area contributed by atoms with E-state index in [0.29, 0.717) is 18.0 Å². The zero-order valence-electron chi connectivity index (χ0n) is 12.5. The van der Waals surface area contributed by atoms with Crippen LogP contribution < -0.4 is 16.2 Å². The lowest BCUT2D eigenvalue weighted by Gasteiger charge is -2.23. The largest absolute Gasteiger partial charge is 0.493 e. The third kappa shape index (κ3) is 6.65. The van der Waals surface area contributed by atoms with Crippen molar-refractivity contribution in [3.63, 3.8) is 0 Å². The lowest BCUT2D eigenvalue weighted by Crippen LogP contribution is -2.41. The molecule has 0 aromatic heterocycles. The van der Waals surface area contributed by atoms with Crippen LogP contribution in [0.15, 0.2) is 24.3 Å². The first kappa shape index (κ1) is 16.8. The SMILES string of the molecule is CC(C)CN(CC(N)=O)C(=O)CCOc1cccc(N)c1. The number of rotatable bonds is 8. The summed E-state index contributed by atoms with van der Waals surface area (Å²) in [4.78, 5) is 24.6. The number of nitrogens with two attached hydrogens (primary N) is 2. The molecule has 0 aliphatic heterocycles. The van der Waals surface area contributed by atoms with Crippen molar-refractivity contribution in [3.8, 4) is 5.75 Å². The van der Waals surface area contributed by atoms with Crippen molar-refractivity contribution in [2.45, 2.75) is 20.3 Å². The molecule has 1 aromatic carbocycles. The van der Waals surface area contributed by atoms with E-state index in [9.17, 15) is 9.59 Å². The molecule has 0 atom stereocenters. The molecule has 0 radical (unpaired) electrons. The van der Waals surface area contributed by atoms with Gasteiger partial charge in [0.15, 0.2) is 0 Å². The fourth-order valence-corrected chi connectivity index (χ4v) is 1.90. The van der Waals surface area contributed by atoms with Gasteiger partial charge < -0.3 is 21.1 Å². The van der Waals surface area contributed by atoms with Crippen molar-refractivity contribution in [1.29, 1.82) is 0 Å². The van der Waals surface area contributed by atoms with Gasteiger partial charge in [-0.25, -0.2) is 0 Å². The number of primary amides is 1. The van der Waals surface area contributed by atoms with Gasteiger partial charge in [-0.15, -0.1) is 0 Å². The molecule has 4 N–H and O–H groups in total. The highest BCUT2D eigenvalue weighted by molar-refractivity contribution is 5.83. The number of nitrogens with zero attached hydrogens (tertiary/aromatic N) is 1. The first-order chi connectivity index (χ1) is 9.88. The van der Waals surface area contributed by atoms with E-state index < -0.39 is 5.91 Å². The summed E-state index contributed by atoms with van der Waals surface area (Å²) in [6.07, 6.45) is 0.189. The van der Waals surface area contributed by atoms with E-state index in [-0.39, 0.29) is 31.4 Å². The second kappa shape index (κ2) is 8.14. The first-order valence-electron chi connectivity index (χ1n) is 6.93. The quantitative estimate of drug-likeness (QED) is 0.699. The summed E-state index contributed by atoms with van der Waals surface area (Å²) in [6.45, 7) is 4.63. The third-order valence-corrected chi connectivity index (χ3v) is 2.73. The monoisotopic (exact) mass is 293 g/mol. The van der Waals surface area contributed by atoms with Crippen LogP contribution in [0.5, 0.6) is 5.75 Å². The van der Waals surface area contributed by atoms with Crippen LogP contribution in [0.2, 0.25) is 0 Å². The number of amides is 2. The lowest BCUT2D eigenvalue weighted by molar-refractivity contribution is -0.136. The van der Waals surface area contributed by atoms with Gasteiger partial charge >= 0.3 is 0 Å². The molecule has 0 fully saturated rings. The van der Waals surface area contributed by atoms with Gasteiger partial charge in [-0.05, 0) is 18.1 Å². The number of carbonyl (C=O) groups is 2. The molecule has 0 bridgehead atoms. The molecule has 6 nitrogen and oxygen atoms in total. The van der Waals surface area contributed by atoms with Crippen LogP contribution in [0.4, 0.5) is 5.69 Å². The van der Waals surface area contributed by atoms with Crippen molar-refractivity contribution in [2.24, 2.45) is 11.7 Å². The number of benzene rings is 1. The summed E-state index contributed by atoms with van der Waals surface area (Å²) in [5, 5.41) is 0. The number of hydrogen-bond donors (Lipinski definition) is 2. The van der Waals surface area contributed by atoms with E-state index in [0.717, 1.165) is 0 Å². The summed E-state index contributed by atoms with van der Waals surface area (Å²) >= 11 is 0. The van der Waals surface area contributed by atoms with Crippen molar-refractivity contribution in [3.05, 3.63) is 24.3 Å². The number of carbonyl (C=O) groups excluding carboxylic acids is 2. The van der Waals surface area contributed by atoms with Crippen LogP contribution >= 0.6 is 0 Å². The molecule has 0 saturated carbocycles. The van der Waals surface area contributed by atoms with Crippen molar-refractivity contribution in [1.82, 2.24) is 4.90 Å². The summed E-state index contributed by atoms with van der Waals surface area (Å²) in [6, 6.07) is 7.01. The average Bonchev–Trinajstić information content (AvgIpc) is 2.36. The van der Waals surface area contributed by atoms with Gasteiger partial charge in [-0.2, -0.15) is 0 Å². The van der Waals surface area contributed by atoms with Crippen LogP contribution in [-0.2, 0) is 9.59 Å². The zero-order valence-corrected chi connectivity index (χ0v) is 12.5. The second-order valence-corrected chi connectivity index (χ2v) is 5.31. The minimum atomic E-state index is -0.513.